The Kier molecular flexibility index (Phi) is 4.34. The van der Waals surface area contributed by atoms with Crippen molar-refractivity contribution in [1.29, 1.82) is 10.8 Å². The van der Waals surface area contributed by atoms with Crippen LogP contribution in [0.2, 0.25) is 0 Å². The van der Waals surface area contributed by atoms with Gasteiger partial charge in [0, 0.05) is 4.47 Å². The summed E-state index contributed by atoms with van der Waals surface area (Å²) in [5.41, 5.74) is 7.17. The molecule has 0 fully saturated rings. The highest BCUT2D eigenvalue weighted by Gasteiger charge is 2.15. The molecule has 1 aromatic carbocycles. The van der Waals surface area contributed by atoms with Gasteiger partial charge in [-0.25, -0.2) is 0 Å². The summed E-state index contributed by atoms with van der Waals surface area (Å²) in [6, 6.07) is 5.92. The fourth-order valence-electron chi connectivity index (χ4n) is 1.38. The van der Waals surface area contributed by atoms with E-state index in [1.165, 1.54) is 5.56 Å². The van der Waals surface area contributed by atoms with E-state index in [1.807, 2.05) is 18.2 Å². The first-order valence-corrected chi connectivity index (χ1v) is 6.26. The van der Waals surface area contributed by atoms with Crippen LogP contribution in [0, 0.1) is 10.8 Å². The van der Waals surface area contributed by atoms with Gasteiger partial charge >= 0.3 is 0 Å². The highest BCUT2D eigenvalue weighted by atomic mass is 79.9. The maximum atomic E-state index is 7.57. The molecular formula is C12H18BrN5. The molecule has 18 heavy (non-hydrogen) atoms. The summed E-state index contributed by atoms with van der Waals surface area (Å²) in [6.45, 7) is 6.42. The van der Waals surface area contributed by atoms with E-state index in [0.29, 0.717) is 0 Å². The third-order valence-electron chi connectivity index (χ3n) is 2.35. The second kappa shape index (κ2) is 5.39. The molecule has 98 valence electrons. The monoisotopic (exact) mass is 311 g/mol. The van der Waals surface area contributed by atoms with Crippen molar-refractivity contribution in [2.75, 3.05) is 5.32 Å². The molecule has 0 radical (unpaired) electrons. The lowest BCUT2D eigenvalue weighted by molar-refractivity contribution is 0.590. The molecule has 0 unspecified atom stereocenters. The van der Waals surface area contributed by atoms with E-state index < -0.39 is 0 Å². The number of hydrogen-bond acceptors (Lipinski definition) is 2. The number of guanidine groups is 2. The third kappa shape index (κ3) is 4.03. The molecule has 0 heterocycles. The third-order valence-corrected chi connectivity index (χ3v) is 3.01. The van der Waals surface area contributed by atoms with Crippen molar-refractivity contribution in [3.05, 3.63) is 28.2 Å². The van der Waals surface area contributed by atoms with Crippen LogP contribution in [0.1, 0.15) is 26.3 Å². The van der Waals surface area contributed by atoms with E-state index >= 15 is 0 Å². The predicted molar refractivity (Wildman–Crippen MR) is 79.2 cm³/mol. The highest BCUT2D eigenvalue weighted by molar-refractivity contribution is 9.10. The molecule has 5 nitrogen and oxygen atoms in total. The Hall–Kier alpha value is -1.56. The van der Waals surface area contributed by atoms with Crippen LogP contribution in [0.25, 0.3) is 0 Å². The van der Waals surface area contributed by atoms with E-state index in [0.717, 1.165) is 10.2 Å². The molecule has 0 saturated carbocycles. The Bertz CT molecular complexity index is 476. The van der Waals surface area contributed by atoms with Crippen LogP contribution in [-0.2, 0) is 5.41 Å². The molecular weight excluding hydrogens is 294 g/mol. The Morgan fingerprint density at radius 3 is 2.33 bits per heavy atom. The van der Waals surface area contributed by atoms with E-state index in [1.54, 1.807) is 0 Å². The normalized spacial score (nSPS) is 10.9. The molecule has 1 rings (SSSR count). The first-order chi connectivity index (χ1) is 8.20. The topological polar surface area (TPSA) is 97.8 Å². The fraction of sp³-hybridized carbons (Fsp3) is 0.333. The van der Waals surface area contributed by atoms with Crippen molar-refractivity contribution < 1.29 is 0 Å². The fourth-order valence-corrected chi connectivity index (χ4v) is 1.86. The maximum absolute atomic E-state index is 7.57. The average molecular weight is 312 g/mol. The molecule has 0 spiro atoms. The number of halogens is 1. The minimum Gasteiger partial charge on any atom is -0.370 e. The van der Waals surface area contributed by atoms with Gasteiger partial charge in [-0.1, -0.05) is 26.8 Å². The molecule has 0 atom stereocenters. The zero-order valence-electron chi connectivity index (χ0n) is 10.7. The van der Waals surface area contributed by atoms with Crippen LogP contribution >= 0.6 is 15.9 Å². The second-order valence-electron chi connectivity index (χ2n) is 4.98. The predicted octanol–water partition coefficient (Wildman–Crippen LogP) is 2.58. The van der Waals surface area contributed by atoms with E-state index in [-0.39, 0.29) is 17.3 Å². The Morgan fingerprint density at radius 1 is 1.28 bits per heavy atom. The molecule has 0 bridgehead atoms. The molecule has 0 aliphatic carbocycles. The summed E-state index contributed by atoms with van der Waals surface area (Å²) in [5, 5.41) is 19.8. The van der Waals surface area contributed by atoms with Crippen molar-refractivity contribution in [2.24, 2.45) is 5.73 Å². The molecule has 0 aliphatic rings. The van der Waals surface area contributed by atoms with E-state index in [2.05, 4.69) is 47.3 Å². The van der Waals surface area contributed by atoms with Gasteiger partial charge < -0.3 is 11.1 Å². The Balaban J connectivity index is 2.87. The number of rotatable bonds is 1. The first-order valence-electron chi connectivity index (χ1n) is 5.47. The van der Waals surface area contributed by atoms with Gasteiger partial charge in [0.05, 0.1) is 5.69 Å². The zero-order valence-corrected chi connectivity index (χ0v) is 12.3. The van der Waals surface area contributed by atoms with E-state index in [4.69, 9.17) is 16.6 Å². The molecule has 6 N–H and O–H groups in total. The lowest BCUT2D eigenvalue weighted by Gasteiger charge is -2.20. The van der Waals surface area contributed by atoms with Crippen LogP contribution in [0.15, 0.2) is 22.7 Å². The average Bonchev–Trinajstić information content (AvgIpc) is 2.18. The van der Waals surface area contributed by atoms with Crippen molar-refractivity contribution in [3.63, 3.8) is 0 Å². The maximum Gasteiger partial charge on any atom is 0.199 e. The standard InChI is InChI=1S/C12H18BrN5/c1-12(2,3)7-4-5-9(8(13)6-7)17-11(16)18-10(14)15/h4-6H,1-3H3,(H6,14,15,16,17,18). The summed E-state index contributed by atoms with van der Waals surface area (Å²) < 4.78 is 0.866. The van der Waals surface area contributed by atoms with E-state index in [9.17, 15) is 0 Å². The lowest BCUT2D eigenvalue weighted by Crippen LogP contribution is -2.39. The number of nitrogens with one attached hydrogen (secondary N) is 4. The molecule has 0 aromatic heterocycles. The second-order valence-corrected chi connectivity index (χ2v) is 5.84. The van der Waals surface area contributed by atoms with Crippen LogP contribution in [0.3, 0.4) is 0 Å². The quantitative estimate of drug-likeness (QED) is 0.407. The molecule has 6 heteroatoms. The summed E-state index contributed by atoms with van der Waals surface area (Å²) in [6.07, 6.45) is 0. The van der Waals surface area contributed by atoms with Gasteiger partial charge in [0.1, 0.15) is 0 Å². The molecule has 0 saturated heterocycles. The summed E-state index contributed by atoms with van der Waals surface area (Å²) in [4.78, 5) is 0. The summed E-state index contributed by atoms with van der Waals surface area (Å²) in [7, 11) is 0. The minimum atomic E-state index is -0.269. The van der Waals surface area contributed by atoms with Crippen LogP contribution < -0.4 is 16.4 Å². The van der Waals surface area contributed by atoms with Gasteiger partial charge in [0.25, 0.3) is 0 Å². The largest absolute Gasteiger partial charge is 0.370 e. The number of hydrogen-bond donors (Lipinski definition) is 5. The lowest BCUT2D eigenvalue weighted by atomic mass is 9.87. The molecule has 0 amide bonds. The van der Waals surface area contributed by atoms with Gasteiger partial charge in [0.2, 0.25) is 0 Å². The van der Waals surface area contributed by atoms with Gasteiger partial charge in [-0.15, -0.1) is 0 Å². The summed E-state index contributed by atoms with van der Waals surface area (Å²) >= 11 is 3.46. The smallest absolute Gasteiger partial charge is 0.199 e. The number of nitrogens with two attached hydrogens (primary N) is 1. The van der Waals surface area contributed by atoms with Crippen LogP contribution in [0.5, 0.6) is 0 Å². The van der Waals surface area contributed by atoms with Crippen LogP contribution in [0.4, 0.5) is 5.69 Å². The van der Waals surface area contributed by atoms with Crippen molar-refractivity contribution in [1.82, 2.24) is 5.32 Å². The number of benzene rings is 1. The van der Waals surface area contributed by atoms with Gasteiger partial charge in [-0.3, -0.25) is 16.1 Å². The van der Waals surface area contributed by atoms with Crippen LogP contribution in [-0.4, -0.2) is 11.9 Å². The van der Waals surface area contributed by atoms with Gasteiger partial charge in [-0.2, -0.15) is 0 Å². The highest BCUT2D eigenvalue weighted by Crippen LogP contribution is 2.29. The Labute approximate surface area is 115 Å². The Morgan fingerprint density at radius 2 is 1.89 bits per heavy atom. The summed E-state index contributed by atoms with van der Waals surface area (Å²) in [5.74, 6) is -0.304. The van der Waals surface area contributed by atoms with Crippen molar-refractivity contribution in [3.8, 4) is 0 Å². The van der Waals surface area contributed by atoms with Gasteiger partial charge in [0.15, 0.2) is 11.9 Å². The zero-order chi connectivity index (χ0) is 13.9. The number of anilines is 1. The van der Waals surface area contributed by atoms with Crippen molar-refractivity contribution in [2.45, 2.75) is 26.2 Å². The molecule has 1 aromatic rings. The first kappa shape index (κ1) is 14.5. The van der Waals surface area contributed by atoms with Crippen molar-refractivity contribution >= 4 is 33.5 Å². The minimum absolute atomic E-state index is 0.0355. The SMILES string of the molecule is CC(C)(C)c1ccc(NC(=N)NC(=N)N)c(Br)c1. The van der Waals surface area contributed by atoms with Gasteiger partial charge in [-0.05, 0) is 39.0 Å². The molecule has 0 aliphatic heterocycles.